The molecule has 1 aliphatic heterocycles. The molecule has 0 spiro atoms. The summed E-state index contributed by atoms with van der Waals surface area (Å²) in [5.41, 5.74) is 15.0. The van der Waals surface area contributed by atoms with Crippen molar-refractivity contribution in [1.82, 2.24) is 5.32 Å². The number of fused-ring (bicyclic) bond motifs is 3. The molecule has 1 heterocycles. The number of azide groups is 1. The second-order valence-electron chi connectivity index (χ2n) is 12.1. The number of carbonyl (C=O) groups is 1. The van der Waals surface area contributed by atoms with Crippen LogP contribution in [0.2, 0.25) is 0 Å². The summed E-state index contributed by atoms with van der Waals surface area (Å²) in [6, 6.07) is 40.7. The molecule has 0 saturated heterocycles. The molecule has 49 heavy (non-hydrogen) atoms. The summed E-state index contributed by atoms with van der Waals surface area (Å²) in [5.74, 6) is 0.693. The Bertz CT molecular complexity index is 2000. The number of amides is 1. The number of hydrogen-bond donors (Lipinski definition) is 2. The number of hydrogen-bond acceptors (Lipinski definition) is 6. The monoisotopic (exact) mass is 649 g/mol. The smallest absolute Gasteiger partial charge is 0.253 e. The maximum absolute atomic E-state index is 15.2. The van der Waals surface area contributed by atoms with Crippen LogP contribution in [-0.4, -0.2) is 35.7 Å². The lowest BCUT2D eigenvalue weighted by Gasteiger charge is -2.33. The standard InChI is InChI=1S/C40H35N5O4/c41-45-42-26-29-13-4-5-14-31(29)37-40(25-27-11-2-1-3-12-27,44-38(49-37)28-19-21-30(22-20-28)48-24-10-23-46)39(47)43-36-34-17-8-6-15-32(34)33-16-7-9-18-35(33)36/h1-9,11-22,36-37,46H,10,23-26H2,(H,43,47)/t37-,40-/m1/s1. The molecule has 9 nitrogen and oxygen atoms in total. The normalized spacial score (nSPS) is 17.7. The zero-order valence-electron chi connectivity index (χ0n) is 26.8. The van der Waals surface area contributed by atoms with Gasteiger partial charge in [0.25, 0.3) is 5.91 Å². The maximum Gasteiger partial charge on any atom is 0.253 e. The zero-order valence-corrected chi connectivity index (χ0v) is 26.8. The molecule has 244 valence electrons. The summed E-state index contributed by atoms with van der Waals surface area (Å²) < 4.78 is 12.5. The van der Waals surface area contributed by atoms with Crippen LogP contribution in [0.5, 0.6) is 5.75 Å². The van der Waals surface area contributed by atoms with Crippen LogP contribution >= 0.6 is 0 Å². The van der Waals surface area contributed by atoms with Crippen molar-refractivity contribution in [2.75, 3.05) is 13.2 Å². The van der Waals surface area contributed by atoms with E-state index >= 15 is 4.79 Å². The first-order chi connectivity index (χ1) is 24.1. The van der Waals surface area contributed by atoms with E-state index in [2.05, 4.69) is 39.6 Å². The Hall–Kier alpha value is -5.89. The van der Waals surface area contributed by atoms with E-state index in [4.69, 9.17) is 19.6 Å². The topological polar surface area (TPSA) is 129 Å². The average Bonchev–Trinajstić information content (AvgIpc) is 3.68. The quantitative estimate of drug-likeness (QED) is 0.0623. The Kier molecular flexibility index (Phi) is 9.10. The van der Waals surface area contributed by atoms with E-state index in [0.717, 1.165) is 38.9 Å². The fourth-order valence-corrected chi connectivity index (χ4v) is 6.78. The van der Waals surface area contributed by atoms with Gasteiger partial charge in [-0.05, 0) is 68.7 Å². The van der Waals surface area contributed by atoms with Crippen molar-refractivity contribution in [3.8, 4) is 16.9 Å². The Balaban J connectivity index is 1.36. The predicted molar refractivity (Wildman–Crippen MR) is 188 cm³/mol. The highest BCUT2D eigenvalue weighted by molar-refractivity contribution is 6.01. The molecular weight excluding hydrogens is 614 g/mol. The van der Waals surface area contributed by atoms with Crippen molar-refractivity contribution in [2.24, 2.45) is 10.1 Å². The molecule has 7 rings (SSSR count). The van der Waals surface area contributed by atoms with Gasteiger partial charge < -0.3 is 19.9 Å². The minimum Gasteiger partial charge on any atom is -0.494 e. The van der Waals surface area contributed by atoms with Gasteiger partial charge in [-0.25, -0.2) is 4.99 Å². The van der Waals surface area contributed by atoms with Gasteiger partial charge in [0.2, 0.25) is 5.90 Å². The van der Waals surface area contributed by atoms with E-state index in [-0.39, 0.29) is 31.5 Å². The van der Waals surface area contributed by atoms with Crippen molar-refractivity contribution in [1.29, 1.82) is 0 Å². The lowest BCUT2D eigenvalue weighted by Crippen LogP contribution is -2.51. The number of nitrogens with one attached hydrogen (secondary N) is 1. The predicted octanol–water partition coefficient (Wildman–Crippen LogP) is 7.64. The first-order valence-electron chi connectivity index (χ1n) is 16.3. The second kappa shape index (κ2) is 14.1. The Morgan fingerprint density at radius 2 is 1.49 bits per heavy atom. The van der Waals surface area contributed by atoms with E-state index < -0.39 is 11.6 Å². The Morgan fingerprint density at radius 3 is 2.16 bits per heavy atom. The third-order valence-corrected chi connectivity index (χ3v) is 9.10. The number of benzene rings is 5. The van der Waals surface area contributed by atoms with Gasteiger partial charge in [0, 0.05) is 29.9 Å². The molecule has 0 bridgehead atoms. The fraction of sp³-hybridized carbons (Fsp3) is 0.200. The molecule has 1 amide bonds. The van der Waals surface area contributed by atoms with Crippen molar-refractivity contribution < 1.29 is 19.4 Å². The molecule has 0 saturated carbocycles. The molecule has 1 aliphatic carbocycles. The van der Waals surface area contributed by atoms with Gasteiger partial charge in [0.15, 0.2) is 11.6 Å². The van der Waals surface area contributed by atoms with Gasteiger partial charge in [0.1, 0.15) is 5.75 Å². The molecular formula is C40H35N5O4. The number of rotatable bonds is 12. The van der Waals surface area contributed by atoms with Crippen LogP contribution < -0.4 is 10.1 Å². The lowest BCUT2D eigenvalue weighted by molar-refractivity contribution is -0.129. The molecule has 5 aromatic carbocycles. The molecule has 2 aliphatic rings. The van der Waals surface area contributed by atoms with E-state index in [9.17, 15) is 5.53 Å². The first kappa shape index (κ1) is 31.7. The van der Waals surface area contributed by atoms with E-state index in [1.165, 1.54) is 0 Å². The van der Waals surface area contributed by atoms with Crippen molar-refractivity contribution in [3.05, 3.63) is 171 Å². The third-order valence-electron chi connectivity index (χ3n) is 9.10. The number of aliphatic hydroxyl groups excluding tert-OH is 1. The van der Waals surface area contributed by atoms with E-state index in [1.54, 1.807) is 0 Å². The number of carbonyl (C=O) groups excluding carboxylic acids is 1. The summed E-state index contributed by atoms with van der Waals surface area (Å²) in [6.45, 7) is 0.536. The average molecular weight is 650 g/mol. The van der Waals surface area contributed by atoms with E-state index in [1.807, 2.05) is 103 Å². The number of aliphatic imine (C=N–C) groups is 1. The Morgan fingerprint density at radius 1 is 0.857 bits per heavy atom. The van der Waals surface area contributed by atoms with Gasteiger partial charge >= 0.3 is 0 Å². The summed E-state index contributed by atoms with van der Waals surface area (Å²) in [4.78, 5) is 23.4. The molecule has 2 atom stereocenters. The summed E-state index contributed by atoms with van der Waals surface area (Å²) >= 11 is 0. The van der Waals surface area contributed by atoms with Crippen molar-refractivity contribution >= 4 is 11.8 Å². The largest absolute Gasteiger partial charge is 0.494 e. The molecule has 9 heteroatoms. The number of nitrogens with zero attached hydrogens (tertiary/aromatic N) is 4. The van der Waals surface area contributed by atoms with Crippen molar-refractivity contribution in [3.63, 3.8) is 0 Å². The molecule has 0 radical (unpaired) electrons. The van der Waals surface area contributed by atoms with Gasteiger partial charge in [-0.3, -0.25) is 4.79 Å². The van der Waals surface area contributed by atoms with E-state index in [0.29, 0.717) is 30.2 Å². The van der Waals surface area contributed by atoms with Crippen molar-refractivity contribution in [2.45, 2.75) is 37.1 Å². The van der Waals surface area contributed by atoms with Crippen LogP contribution in [0, 0.1) is 0 Å². The first-order valence-corrected chi connectivity index (χ1v) is 16.3. The maximum atomic E-state index is 15.2. The van der Waals surface area contributed by atoms with Gasteiger partial charge in [-0.1, -0.05) is 108 Å². The minimum absolute atomic E-state index is 0.0505. The van der Waals surface area contributed by atoms with Crippen LogP contribution in [0.25, 0.3) is 21.6 Å². The highest BCUT2D eigenvalue weighted by atomic mass is 16.5. The highest BCUT2D eigenvalue weighted by Crippen LogP contribution is 2.47. The fourth-order valence-electron chi connectivity index (χ4n) is 6.78. The van der Waals surface area contributed by atoms with Crippen LogP contribution in [0.1, 0.15) is 51.9 Å². The SMILES string of the molecule is [N-]=[N+]=NCc1ccccc1[C@H]1OC(c2ccc(OCCCO)cc2)=N[C@@]1(Cc1ccccc1)C(=O)NC1c2ccccc2-c2ccccc21. The summed E-state index contributed by atoms with van der Waals surface area (Å²) in [6.07, 6.45) is -0.0657. The molecule has 0 unspecified atom stereocenters. The second-order valence-corrected chi connectivity index (χ2v) is 12.1. The number of ether oxygens (including phenoxy) is 2. The minimum atomic E-state index is -1.44. The van der Waals surface area contributed by atoms with Crippen LogP contribution in [0.3, 0.4) is 0 Å². The summed E-state index contributed by atoms with van der Waals surface area (Å²) in [5, 5.41) is 16.4. The van der Waals surface area contributed by atoms with Crippen LogP contribution in [-0.2, 0) is 22.5 Å². The van der Waals surface area contributed by atoms with Gasteiger partial charge in [0.05, 0.1) is 19.2 Å². The summed E-state index contributed by atoms with van der Waals surface area (Å²) in [7, 11) is 0. The highest BCUT2D eigenvalue weighted by Gasteiger charge is 2.54. The van der Waals surface area contributed by atoms with Crippen LogP contribution in [0.15, 0.2) is 138 Å². The molecule has 2 N–H and O–H groups in total. The van der Waals surface area contributed by atoms with Gasteiger partial charge in [-0.2, -0.15) is 0 Å². The molecule has 0 aromatic heterocycles. The zero-order chi connectivity index (χ0) is 33.6. The van der Waals surface area contributed by atoms with Gasteiger partial charge in [-0.15, -0.1) is 0 Å². The third kappa shape index (κ3) is 6.25. The lowest BCUT2D eigenvalue weighted by atomic mass is 9.80. The molecule has 0 fully saturated rings. The van der Waals surface area contributed by atoms with Crippen LogP contribution in [0.4, 0.5) is 0 Å². The molecule has 5 aromatic rings. The number of aliphatic hydroxyl groups is 1. The Labute approximate surface area is 284 Å².